The first kappa shape index (κ1) is 22.6. The second-order valence-corrected chi connectivity index (χ2v) is 7.77. The van der Waals surface area contributed by atoms with E-state index in [0.29, 0.717) is 39.5 Å². The van der Waals surface area contributed by atoms with Gasteiger partial charge in [-0.25, -0.2) is 9.98 Å². The Balaban J connectivity index is 1.96. The maximum atomic E-state index is 12.8. The van der Waals surface area contributed by atoms with Crippen molar-refractivity contribution in [3.05, 3.63) is 83.0 Å². The van der Waals surface area contributed by atoms with E-state index < -0.39 is 0 Å². The number of anilines is 1. The Hall–Kier alpha value is -4.05. The zero-order valence-electron chi connectivity index (χ0n) is 18.2. The number of amides is 1. The van der Waals surface area contributed by atoms with E-state index in [9.17, 15) is 4.79 Å². The Kier molecular flexibility index (Phi) is 7.29. The zero-order chi connectivity index (χ0) is 23.1. The van der Waals surface area contributed by atoms with Gasteiger partial charge in [-0.05, 0) is 44.0 Å². The Morgan fingerprint density at radius 3 is 2.53 bits per heavy atom. The molecule has 32 heavy (non-hydrogen) atoms. The second-order valence-electron chi connectivity index (χ2n) is 7.77. The van der Waals surface area contributed by atoms with E-state index >= 15 is 0 Å². The minimum absolute atomic E-state index is 0.107. The van der Waals surface area contributed by atoms with E-state index in [4.69, 9.17) is 17.2 Å². The van der Waals surface area contributed by atoms with Crippen molar-refractivity contribution in [3.63, 3.8) is 0 Å². The highest BCUT2D eigenvalue weighted by molar-refractivity contribution is 6.17. The number of nitrogen functional groups attached to an aromatic ring is 1. The number of rotatable bonds is 5. The average Bonchev–Trinajstić information content (AvgIpc) is 3.27. The third-order valence-electron chi connectivity index (χ3n) is 5.09. The number of nitrogens with one attached hydrogen (secondary N) is 1. The maximum absolute atomic E-state index is 12.8. The minimum atomic E-state index is -0.112. The Morgan fingerprint density at radius 1 is 1.19 bits per heavy atom. The number of nitrogens with two attached hydrogens (primary N) is 3. The fourth-order valence-electron chi connectivity index (χ4n) is 3.51. The number of allylic oxidation sites excluding steroid dienone is 2. The lowest BCUT2D eigenvalue weighted by molar-refractivity contribution is 0.0938. The molecule has 0 atom stereocenters. The molecule has 1 fully saturated rings. The number of aliphatic imine (C=N–C) groups is 1. The largest absolute Gasteiger partial charge is 0.401 e. The fourth-order valence-corrected chi connectivity index (χ4v) is 3.51. The van der Waals surface area contributed by atoms with Crippen LogP contribution in [-0.2, 0) is 0 Å². The van der Waals surface area contributed by atoms with Crippen LogP contribution in [0.1, 0.15) is 54.1 Å². The first-order valence-corrected chi connectivity index (χ1v) is 10.5. The van der Waals surface area contributed by atoms with Gasteiger partial charge in [-0.15, -0.1) is 0 Å². The molecule has 3 rings (SSSR count). The van der Waals surface area contributed by atoms with E-state index in [1.54, 1.807) is 43.5 Å². The highest BCUT2D eigenvalue weighted by Gasteiger charge is 2.19. The topological polar surface area (TPSA) is 132 Å². The molecule has 0 unspecified atom stereocenters. The predicted octanol–water partition coefficient (Wildman–Crippen LogP) is 2.84. The Bertz CT molecular complexity index is 1130. The molecule has 2 aromatic rings. The van der Waals surface area contributed by atoms with Crippen LogP contribution >= 0.6 is 0 Å². The van der Waals surface area contributed by atoms with Crippen molar-refractivity contribution < 1.29 is 4.79 Å². The van der Waals surface area contributed by atoms with Crippen LogP contribution in [0.15, 0.2) is 71.3 Å². The van der Waals surface area contributed by atoms with Crippen LogP contribution in [0.2, 0.25) is 0 Å². The molecule has 1 saturated carbocycles. The average molecular weight is 429 g/mol. The summed E-state index contributed by atoms with van der Waals surface area (Å²) in [6.07, 6.45) is 5.90. The van der Waals surface area contributed by atoms with Gasteiger partial charge in [0.15, 0.2) is 0 Å². The highest BCUT2D eigenvalue weighted by atomic mass is 16.1. The van der Waals surface area contributed by atoms with Crippen LogP contribution in [0.5, 0.6) is 0 Å². The molecule has 164 valence electrons. The summed E-state index contributed by atoms with van der Waals surface area (Å²) in [6.45, 7) is 5.42. The number of carbonyl (C=O) groups excluding carboxylic acids is 1. The number of aromatic nitrogens is 1. The fraction of sp³-hybridized carbons (Fsp3) is 0.240. The van der Waals surface area contributed by atoms with Gasteiger partial charge in [0.2, 0.25) is 0 Å². The van der Waals surface area contributed by atoms with Gasteiger partial charge >= 0.3 is 0 Å². The number of hydrogen-bond acceptors (Lipinski definition) is 6. The lowest BCUT2D eigenvalue weighted by Crippen LogP contribution is -2.32. The third kappa shape index (κ3) is 5.99. The van der Waals surface area contributed by atoms with E-state index in [1.165, 1.54) is 0 Å². The summed E-state index contributed by atoms with van der Waals surface area (Å²) in [6, 6.07) is 10.8. The standard InChI is InChI=1S/C25H28N6O/c1-16(26)22(12-10-18-11-13-23(28)29-15-18)24(30-17(2)27)19-6-5-7-20(14-19)25(32)31-21-8-3-4-9-21/h5-7,11,13-15,21H,2-4,8-9,26-27H2,1H3,(H2,28,29)(H,31,32)/b22-16-,30-24-. The van der Waals surface area contributed by atoms with Crippen molar-refractivity contribution in [1.29, 1.82) is 0 Å². The van der Waals surface area contributed by atoms with Crippen LogP contribution in [0.3, 0.4) is 0 Å². The van der Waals surface area contributed by atoms with E-state index in [2.05, 4.69) is 33.7 Å². The monoisotopic (exact) mass is 428 g/mol. The number of nitrogens with zero attached hydrogens (tertiary/aromatic N) is 2. The molecule has 1 aliphatic carbocycles. The van der Waals surface area contributed by atoms with Gasteiger partial charge in [0, 0.05) is 34.6 Å². The van der Waals surface area contributed by atoms with Crippen molar-refractivity contribution >= 4 is 17.4 Å². The summed E-state index contributed by atoms with van der Waals surface area (Å²) in [5.74, 6) is 6.50. The molecule has 1 aromatic carbocycles. The SMILES string of the molecule is C=C(N)/N=C(\C(C#Cc1ccc(N)nc1)=C(\C)N)c1cccc(C(=O)NC2CCCC2)c1. The molecule has 1 aliphatic rings. The van der Waals surface area contributed by atoms with Crippen molar-refractivity contribution in [2.45, 2.75) is 38.6 Å². The van der Waals surface area contributed by atoms with Gasteiger partial charge in [-0.1, -0.05) is 43.4 Å². The number of benzene rings is 1. The van der Waals surface area contributed by atoms with E-state index in [1.807, 2.05) is 6.07 Å². The van der Waals surface area contributed by atoms with Crippen LogP contribution < -0.4 is 22.5 Å². The smallest absolute Gasteiger partial charge is 0.251 e. The number of hydrogen-bond donors (Lipinski definition) is 4. The van der Waals surface area contributed by atoms with Gasteiger partial charge in [-0.2, -0.15) is 0 Å². The second kappa shape index (κ2) is 10.3. The first-order valence-electron chi connectivity index (χ1n) is 10.5. The number of carbonyl (C=O) groups is 1. The maximum Gasteiger partial charge on any atom is 0.251 e. The van der Waals surface area contributed by atoms with Crippen LogP contribution in [-0.4, -0.2) is 22.6 Å². The molecule has 7 nitrogen and oxygen atoms in total. The Morgan fingerprint density at radius 2 is 1.91 bits per heavy atom. The summed E-state index contributed by atoms with van der Waals surface area (Å²) in [5, 5.41) is 3.10. The molecule has 0 radical (unpaired) electrons. The summed E-state index contributed by atoms with van der Waals surface area (Å²) < 4.78 is 0. The normalized spacial score (nSPS) is 14.8. The summed E-state index contributed by atoms with van der Waals surface area (Å²) in [4.78, 5) is 21.2. The Labute approximate surface area is 188 Å². The van der Waals surface area contributed by atoms with E-state index in [-0.39, 0.29) is 17.8 Å². The van der Waals surface area contributed by atoms with Gasteiger partial charge in [0.25, 0.3) is 5.91 Å². The summed E-state index contributed by atoms with van der Waals surface area (Å²) in [5.41, 5.74) is 20.9. The molecule has 1 amide bonds. The predicted molar refractivity (Wildman–Crippen MR) is 128 cm³/mol. The van der Waals surface area contributed by atoms with Crippen LogP contribution in [0.4, 0.5) is 5.82 Å². The van der Waals surface area contributed by atoms with Crippen LogP contribution in [0.25, 0.3) is 0 Å². The van der Waals surface area contributed by atoms with Crippen molar-refractivity contribution in [3.8, 4) is 11.8 Å². The zero-order valence-corrected chi connectivity index (χ0v) is 18.2. The van der Waals surface area contributed by atoms with Gasteiger partial charge in [-0.3, -0.25) is 4.79 Å². The van der Waals surface area contributed by atoms with Crippen molar-refractivity contribution in [2.24, 2.45) is 16.5 Å². The van der Waals surface area contributed by atoms with Crippen molar-refractivity contribution in [2.75, 3.05) is 5.73 Å². The molecule has 7 N–H and O–H groups in total. The number of pyridine rings is 1. The molecule has 7 heteroatoms. The lowest BCUT2D eigenvalue weighted by atomic mass is 9.98. The molecular weight excluding hydrogens is 400 g/mol. The molecule has 1 aromatic heterocycles. The summed E-state index contributed by atoms with van der Waals surface area (Å²) >= 11 is 0. The lowest BCUT2D eigenvalue weighted by Gasteiger charge is -2.13. The third-order valence-corrected chi connectivity index (χ3v) is 5.09. The molecular formula is C25H28N6O. The highest BCUT2D eigenvalue weighted by Crippen LogP contribution is 2.19. The van der Waals surface area contributed by atoms with Gasteiger partial charge < -0.3 is 22.5 Å². The molecule has 0 aliphatic heterocycles. The summed E-state index contributed by atoms with van der Waals surface area (Å²) in [7, 11) is 0. The first-order chi connectivity index (χ1) is 15.3. The quantitative estimate of drug-likeness (QED) is 0.429. The van der Waals surface area contributed by atoms with E-state index in [0.717, 1.165) is 25.7 Å². The molecule has 0 saturated heterocycles. The van der Waals surface area contributed by atoms with Gasteiger partial charge in [0.05, 0.1) is 11.3 Å². The molecule has 1 heterocycles. The van der Waals surface area contributed by atoms with Gasteiger partial charge in [0.1, 0.15) is 11.6 Å². The van der Waals surface area contributed by atoms with Crippen molar-refractivity contribution in [1.82, 2.24) is 10.3 Å². The minimum Gasteiger partial charge on any atom is -0.401 e. The molecule has 0 spiro atoms. The van der Waals surface area contributed by atoms with Crippen LogP contribution in [0, 0.1) is 11.8 Å². The molecule has 0 bridgehead atoms.